The molecule has 0 bridgehead atoms. The molecule has 7 nitrogen and oxygen atoms in total. The number of thioether (sulfide) groups is 1. The van der Waals surface area contributed by atoms with Gasteiger partial charge in [-0.25, -0.2) is 0 Å². The average molecular weight is 436 g/mol. The molecule has 1 fully saturated rings. The molecule has 0 aromatic heterocycles. The zero-order valence-electron chi connectivity index (χ0n) is 16.9. The first-order chi connectivity index (χ1) is 15.0. The summed E-state index contributed by atoms with van der Waals surface area (Å²) >= 11 is 0.852. The molecule has 3 amide bonds. The molecule has 0 saturated carbocycles. The highest BCUT2D eigenvalue weighted by atomic mass is 32.2. The van der Waals surface area contributed by atoms with Crippen molar-refractivity contribution in [1.29, 1.82) is 0 Å². The number of benzene rings is 2. The summed E-state index contributed by atoms with van der Waals surface area (Å²) in [6.45, 7) is 2.90. The van der Waals surface area contributed by atoms with Gasteiger partial charge in [-0.2, -0.15) is 0 Å². The minimum absolute atomic E-state index is 0.165. The van der Waals surface area contributed by atoms with Crippen LogP contribution >= 0.6 is 11.8 Å². The molecule has 2 aromatic carbocycles. The van der Waals surface area contributed by atoms with Crippen LogP contribution in [0.3, 0.4) is 0 Å². The van der Waals surface area contributed by atoms with Gasteiger partial charge in [0, 0.05) is 13.1 Å². The summed E-state index contributed by atoms with van der Waals surface area (Å²) in [6.07, 6.45) is 2.44. The van der Waals surface area contributed by atoms with E-state index in [4.69, 9.17) is 9.47 Å². The van der Waals surface area contributed by atoms with E-state index in [2.05, 4.69) is 6.07 Å². The van der Waals surface area contributed by atoms with E-state index in [1.165, 1.54) is 5.56 Å². The maximum atomic E-state index is 12.9. The van der Waals surface area contributed by atoms with E-state index in [1.807, 2.05) is 31.2 Å². The Morgan fingerprint density at radius 3 is 2.68 bits per heavy atom. The molecule has 3 heterocycles. The van der Waals surface area contributed by atoms with Crippen LogP contribution < -0.4 is 9.47 Å². The standard InChI is InChI=1S/C23H20N2O5S/c1-14-8-18-19(30-13-29-18)9-17(14)10-20-22(27)25(23(28)31-20)12-21(26)24-7-6-15-4-2-3-5-16(15)11-24/h2-5,8-10H,6-7,11-13H2,1H3. The van der Waals surface area contributed by atoms with Gasteiger partial charge in [0.25, 0.3) is 11.1 Å². The highest BCUT2D eigenvalue weighted by Crippen LogP contribution is 2.38. The third-order valence-corrected chi connectivity index (χ3v) is 6.61. The number of imide groups is 1. The van der Waals surface area contributed by atoms with Crippen molar-refractivity contribution in [2.24, 2.45) is 0 Å². The fourth-order valence-corrected chi connectivity index (χ4v) is 4.77. The number of carbonyl (C=O) groups is 3. The van der Waals surface area contributed by atoms with Crippen LogP contribution in [0.1, 0.15) is 22.3 Å². The number of hydrogen-bond acceptors (Lipinski definition) is 6. The summed E-state index contributed by atoms with van der Waals surface area (Å²) in [4.78, 5) is 41.2. The molecular weight excluding hydrogens is 416 g/mol. The monoisotopic (exact) mass is 436 g/mol. The van der Waals surface area contributed by atoms with Crippen molar-refractivity contribution in [3.05, 3.63) is 63.6 Å². The largest absolute Gasteiger partial charge is 0.454 e. The van der Waals surface area contributed by atoms with E-state index < -0.39 is 11.1 Å². The molecule has 2 aromatic rings. The fourth-order valence-electron chi connectivity index (χ4n) is 3.94. The van der Waals surface area contributed by atoms with Crippen molar-refractivity contribution in [1.82, 2.24) is 9.80 Å². The van der Waals surface area contributed by atoms with Crippen LogP contribution in [0.5, 0.6) is 11.5 Å². The van der Waals surface area contributed by atoms with Crippen LogP contribution in [0.15, 0.2) is 41.3 Å². The van der Waals surface area contributed by atoms with Crippen LogP contribution in [0.25, 0.3) is 6.08 Å². The Bertz CT molecular complexity index is 1140. The maximum Gasteiger partial charge on any atom is 0.294 e. The number of ether oxygens (including phenoxy) is 2. The zero-order valence-corrected chi connectivity index (χ0v) is 17.7. The molecule has 5 rings (SSSR count). The van der Waals surface area contributed by atoms with Gasteiger partial charge in [-0.3, -0.25) is 19.3 Å². The second kappa shape index (κ2) is 7.77. The zero-order chi connectivity index (χ0) is 21.5. The third-order valence-electron chi connectivity index (χ3n) is 5.70. The molecule has 31 heavy (non-hydrogen) atoms. The number of fused-ring (bicyclic) bond motifs is 2. The van der Waals surface area contributed by atoms with E-state index in [-0.39, 0.29) is 19.2 Å². The Kier molecular flexibility index (Phi) is 4.94. The number of aryl methyl sites for hydroxylation is 1. The van der Waals surface area contributed by atoms with E-state index in [9.17, 15) is 14.4 Å². The Hall–Kier alpha value is -3.26. The molecule has 1 saturated heterocycles. The highest BCUT2D eigenvalue weighted by Gasteiger charge is 2.37. The minimum Gasteiger partial charge on any atom is -0.454 e. The van der Waals surface area contributed by atoms with Gasteiger partial charge in [-0.05, 0) is 65.6 Å². The van der Waals surface area contributed by atoms with Crippen molar-refractivity contribution in [2.75, 3.05) is 19.9 Å². The molecular formula is C23H20N2O5S. The number of hydrogen-bond donors (Lipinski definition) is 0. The van der Waals surface area contributed by atoms with Gasteiger partial charge in [0.1, 0.15) is 6.54 Å². The van der Waals surface area contributed by atoms with Gasteiger partial charge in [0.2, 0.25) is 12.7 Å². The number of rotatable bonds is 3. The molecule has 0 atom stereocenters. The van der Waals surface area contributed by atoms with Crippen LogP contribution in [-0.2, 0) is 22.6 Å². The summed E-state index contributed by atoms with van der Waals surface area (Å²) in [5.74, 6) is 0.600. The van der Waals surface area contributed by atoms with E-state index in [0.29, 0.717) is 29.5 Å². The van der Waals surface area contributed by atoms with Crippen LogP contribution in [0.2, 0.25) is 0 Å². The fraction of sp³-hybridized carbons (Fsp3) is 0.261. The van der Waals surface area contributed by atoms with Gasteiger partial charge in [-0.1, -0.05) is 24.3 Å². The smallest absolute Gasteiger partial charge is 0.294 e. The Balaban J connectivity index is 1.31. The van der Waals surface area contributed by atoms with Crippen molar-refractivity contribution >= 4 is 34.9 Å². The van der Waals surface area contributed by atoms with E-state index >= 15 is 0 Å². The lowest BCUT2D eigenvalue weighted by atomic mass is 10.00. The second-order valence-electron chi connectivity index (χ2n) is 7.66. The molecule has 8 heteroatoms. The van der Waals surface area contributed by atoms with Crippen molar-refractivity contribution in [3.63, 3.8) is 0 Å². The van der Waals surface area contributed by atoms with Gasteiger partial charge < -0.3 is 14.4 Å². The highest BCUT2D eigenvalue weighted by molar-refractivity contribution is 8.18. The summed E-state index contributed by atoms with van der Waals surface area (Å²) in [5, 5.41) is -0.430. The quantitative estimate of drug-likeness (QED) is 0.687. The molecule has 0 aliphatic carbocycles. The molecule has 0 unspecified atom stereocenters. The Labute approximate surface area is 183 Å². The predicted molar refractivity (Wildman–Crippen MR) is 116 cm³/mol. The van der Waals surface area contributed by atoms with Crippen molar-refractivity contribution in [3.8, 4) is 11.5 Å². The summed E-state index contributed by atoms with van der Waals surface area (Å²) in [7, 11) is 0. The summed E-state index contributed by atoms with van der Waals surface area (Å²) in [5.41, 5.74) is 4.02. The Morgan fingerprint density at radius 1 is 1.13 bits per heavy atom. The summed E-state index contributed by atoms with van der Waals surface area (Å²) in [6, 6.07) is 11.6. The minimum atomic E-state index is -0.446. The van der Waals surface area contributed by atoms with Crippen LogP contribution in [0, 0.1) is 6.92 Å². The lowest BCUT2D eigenvalue weighted by Crippen LogP contribution is -2.44. The van der Waals surface area contributed by atoms with Gasteiger partial charge in [0.05, 0.1) is 4.91 Å². The first-order valence-corrected chi connectivity index (χ1v) is 10.8. The second-order valence-corrected chi connectivity index (χ2v) is 8.66. The Morgan fingerprint density at radius 2 is 1.87 bits per heavy atom. The lowest BCUT2D eigenvalue weighted by Gasteiger charge is -2.29. The molecule has 158 valence electrons. The molecule has 3 aliphatic heterocycles. The van der Waals surface area contributed by atoms with E-state index in [1.54, 1.807) is 17.0 Å². The first kappa shape index (κ1) is 19.7. The van der Waals surface area contributed by atoms with Crippen LogP contribution in [-0.4, -0.2) is 46.7 Å². The lowest BCUT2D eigenvalue weighted by molar-refractivity contribution is -0.136. The number of amides is 3. The van der Waals surface area contributed by atoms with Gasteiger partial charge in [0.15, 0.2) is 11.5 Å². The molecule has 0 N–H and O–H groups in total. The number of nitrogens with zero attached hydrogens (tertiary/aromatic N) is 2. The maximum absolute atomic E-state index is 12.9. The van der Waals surface area contributed by atoms with Crippen molar-refractivity contribution in [2.45, 2.75) is 19.9 Å². The van der Waals surface area contributed by atoms with Crippen molar-refractivity contribution < 1.29 is 23.9 Å². The topological polar surface area (TPSA) is 76.2 Å². The van der Waals surface area contributed by atoms with Gasteiger partial charge in [-0.15, -0.1) is 0 Å². The normalized spacial score (nSPS) is 18.7. The van der Waals surface area contributed by atoms with Crippen LogP contribution in [0.4, 0.5) is 4.79 Å². The van der Waals surface area contributed by atoms with Gasteiger partial charge >= 0.3 is 0 Å². The predicted octanol–water partition coefficient (Wildman–Crippen LogP) is 3.34. The summed E-state index contributed by atoms with van der Waals surface area (Å²) < 4.78 is 10.8. The molecule has 3 aliphatic rings. The molecule has 0 spiro atoms. The first-order valence-electron chi connectivity index (χ1n) is 10.00. The SMILES string of the molecule is Cc1cc2c(cc1C=C1SC(=O)N(CC(=O)N3CCc4ccccc4C3)C1=O)OCO2. The molecule has 0 radical (unpaired) electrons. The number of carbonyl (C=O) groups excluding carboxylic acids is 3. The third kappa shape index (κ3) is 3.67. The van der Waals surface area contributed by atoms with E-state index in [0.717, 1.165) is 39.8 Å². The average Bonchev–Trinajstić information content (AvgIpc) is 3.32.